The Morgan fingerprint density at radius 2 is 1.65 bits per heavy atom. The van der Waals surface area contributed by atoms with Crippen LogP contribution in [0.4, 0.5) is 0 Å². The highest BCUT2D eigenvalue weighted by atomic mass is 15.2. The largest absolute Gasteiger partial charge is 0.307 e. The van der Waals surface area contributed by atoms with Crippen molar-refractivity contribution < 1.29 is 0 Å². The average Bonchev–Trinajstić information content (AvgIpc) is 2.42. The third-order valence-electron chi connectivity index (χ3n) is 5.73. The van der Waals surface area contributed by atoms with Crippen LogP contribution in [0.1, 0.15) is 25.7 Å². The van der Waals surface area contributed by atoms with Crippen molar-refractivity contribution >= 4 is 0 Å². The maximum Gasteiger partial charge on any atom is 0.0477 e. The molecule has 0 aromatic rings. The highest BCUT2D eigenvalue weighted by Crippen LogP contribution is 2.39. The monoisotopic (exact) mass is 280 g/mol. The molecule has 3 aliphatic rings. The van der Waals surface area contributed by atoms with Gasteiger partial charge in [0.15, 0.2) is 0 Å². The van der Waals surface area contributed by atoms with Crippen molar-refractivity contribution in [1.29, 1.82) is 0 Å². The predicted molar refractivity (Wildman–Crippen MR) is 83.8 cm³/mol. The van der Waals surface area contributed by atoms with Gasteiger partial charge in [0.2, 0.25) is 0 Å². The van der Waals surface area contributed by atoms with Crippen LogP contribution in [0.3, 0.4) is 0 Å². The Hall–Kier alpha value is -0.160. The van der Waals surface area contributed by atoms with Crippen molar-refractivity contribution in [2.75, 3.05) is 66.6 Å². The van der Waals surface area contributed by atoms with Crippen molar-refractivity contribution in [1.82, 2.24) is 20.0 Å². The van der Waals surface area contributed by atoms with Crippen LogP contribution >= 0.6 is 0 Å². The number of rotatable bonds is 4. The van der Waals surface area contributed by atoms with Crippen LogP contribution in [0.25, 0.3) is 0 Å². The molecule has 0 saturated carbocycles. The molecule has 1 N–H and O–H groups in total. The van der Waals surface area contributed by atoms with Gasteiger partial charge in [0.1, 0.15) is 0 Å². The number of hydrogen-bond donors (Lipinski definition) is 1. The van der Waals surface area contributed by atoms with E-state index in [1.807, 2.05) is 7.05 Å². The van der Waals surface area contributed by atoms with E-state index in [2.05, 4.69) is 27.1 Å². The quantitative estimate of drug-likeness (QED) is 0.826. The van der Waals surface area contributed by atoms with Crippen LogP contribution in [0.5, 0.6) is 0 Å². The smallest absolute Gasteiger partial charge is 0.0477 e. The SMILES string of the molecule is CNCN1CCC(CN2CCC3(CC2)CN(C)C3)CC1. The maximum atomic E-state index is 3.27. The summed E-state index contributed by atoms with van der Waals surface area (Å²) in [4.78, 5) is 7.78. The first-order chi connectivity index (χ1) is 9.69. The van der Waals surface area contributed by atoms with Gasteiger partial charge in [-0.25, -0.2) is 0 Å². The zero-order valence-electron chi connectivity index (χ0n) is 13.4. The highest BCUT2D eigenvalue weighted by Gasteiger charge is 2.43. The van der Waals surface area contributed by atoms with Gasteiger partial charge >= 0.3 is 0 Å². The van der Waals surface area contributed by atoms with Crippen LogP contribution in [0.2, 0.25) is 0 Å². The fourth-order valence-electron chi connectivity index (χ4n) is 4.54. The Morgan fingerprint density at radius 3 is 2.20 bits per heavy atom. The Morgan fingerprint density at radius 1 is 1.00 bits per heavy atom. The van der Waals surface area contributed by atoms with Gasteiger partial charge in [-0.05, 0) is 77.3 Å². The van der Waals surface area contributed by atoms with E-state index < -0.39 is 0 Å². The zero-order chi connectivity index (χ0) is 14.0. The van der Waals surface area contributed by atoms with Crippen LogP contribution < -0.4 is 5.32 Å². The summed E-state index contributed by atoms with van der Waals surface area (Å²) >= 11 is 0. The third-order valence-corrected chi connectivity index (χ3v) is 5.73. The van der Waals surface area contributed by atoms with Crippen LogP contribution in [-0.4, -0.2) is 81.3 Å². The van der Waals surface area contributed by atoms with Crippen molar-refractivity contribution in [3.8, 4) is 0 Å². The summed E-state index contributed by atoms with van der Waals surface area (Å²) in [6, 6.07) is 0. The van der Waals surface area contributed by atoms with E-state index in [1.165, 1.54) is 71.5 Å². The molecule has 1 spiro atoms. The zero-order valence-corrected chi connectivity index (χ0v) is 13.4. The molecule has 0 amide bonds. The van der Waals surface area contributed by atoms with Gasteiger partial charge in [0, 0.05) is 26.3 Å². The molecule has 0 atom stereocenters. The molecule has 0 bridgehead atoms. The number of nitrogens with zero attached hydrogens (tertiary/aromatic N) is 3. The van der Waals surface area contributed by atoms with Gasteiger partial charge in [0.25, 0.3) is 0 Å². The van der Waals surface area contributed by atoms with Crippen LogP contribution in [-0.2, 0) is 0 Å². The summed E-state index contributed by atoms with van der Waals surface area (Å²) in [5, 5.41) is 3.27. The summed E-state index contributed by atoms with van der Waals surface area (Å²) in [5.74, 6) is 0.946. The van der Waals surface area contributed by atoms with Crippen molar-refractivity contribution in [2.45, 2.75) is 25.7 Å². The topological polar surface area (TPSA) is 21.8 Å². The molecule has 3 aliphatic heterocycles. The Labute approximate surface area is 124 Å². The number of hydrogen-bond acceptors (Lipinski definition) is 4. The molecule has 3 heterocycles. The molecule has 4 heteroatoms. The Balaban J connectivity index is 1.36. The van der Waals surface area contributed by atoms with E-state index in [0.29, 0.717) is 5.41 Å². The molecule has 3 rings (SSSR count). The minimum Gasteiger partial charge on any atom is -0.307 e. The lowest BCUT2D eigenvalue weighted by molar-refractivity contribution is -0.0354. The highest BCUT2D eigenvalue weighted by molar-refractivity contribution is 4.97. The summed E-state index contributed by atoms with van der Waals surface area (Å²) in [5.41, 5.74) is 0.710. The summed E-state index contributed by atoms with van der Waals surface area (Å²) in [6.45, 7) is 10.4. The Bertz CT molecular complexity index is 296. The van der Waals surface area contributed by atoms with E-state index in [-0.39, 0.29) is 0 Å². The molecule has 0 aromatic carbocycles. The standard InChI is InChI=1S/C16H32N4/c1-17-14-20-7-3-15(4-8-20)11-19-9-5-16(6-10-19)12-18(2)13-16/h15,17H,3-14H2,1-2H3. The van der Waals surface area contributed by atoms with E-state index >= 15 is 0 Å². The minimum atomic E-state index is 0.710. The summed E-state index contributed by atoms with van der Waals surface area (Å²) in [7, 11) is 4.31. The lowest BCUT2D eigenvalue weighted by atomic mass is 9.72. The first-order valence-corrected chi connectivity index (χ1v) is 8.47. The fourth-order valence-corrected chi connectivity index (χ4v) is 4.54. The normalized spacial score (nSPS) is 29.7. The van der Waals surface area contributed by atoms with E-state index in [4.69, 9.17) is 0 Å². The molecule has 0 aliphatic carbocycles. The molecule has 0 radical (unpaired) electrons. The lowest BCUT2D eigenvalue weighted by Crippen LogP contribution is -2.59. The van der Waals surface area contributed by atoms with Crippen LogP contribution in [0, 0.1) is 11.3 Å². The van der Waals surface area contributed by atoms with E-state index in [0.717, 1.165) is 12.6 Å². The van der Waals surface area contributed by atoms with Gasteiger partial charge in [-0.2, -0.15) is 0 Å². The molecular formula is C16H32N4. The summed E-state index contributed by atoms with van der Waals surface area (Å²) in [6.07, 6.45) is 5.67. The predicted octanol–water partition coefficient (Wildman–Crippen LogP) is 0.903. The lowest BCUT2D eigenvalue weighted by Gasteiger charge is -2.53. The van der Waals surface area contributed by atoms with E-state index in [9.17, 15) is 0 Å². The Kier molecular flexibility index (Phi) is 4.65. The number of nitrogens with one attached hydrogen (secondary N) is 1. The molecular weight excluding hydrogens is 248 g/mol. The molecule has 4 nitrogen and oxygen atoms in total. The first kappa shape index (κ1) is 14.8. The van der Waals surface area contributed by atoms with Crippen molar-refractivity contribution in [2.24, 2.45) is 11.3 Å². The number of piperidine rings is 2. The molecule has 116 valence electrons. The second-order valence-electron chi connectivity index (χ2n) is 7.55. The van der Waals surface area contributed by atoms with Gasteiger partial charge in [-0.3, -0.25) is 4.90 Å². The molecule has 0 aromatic heterocycles. The third kappa shape index (κ3) is 3.35. The molecule has 0 unspecified atom stereocenters. The van der Waals surface area contributed by atoms with Crippen molar-refractivity contribution in [3.05, 3.63) is 0 Å². The number of likely N-dealkylation sites (tertiary alicyclic amines) is 3. The molecule has 3 saturated heterocycles. The second kappa shape index (κ2) is 6.30. The van der Waals surface area contributed by atoms with Crippen LogP contribution in [0.15, 0.2) is 0 Å². The average molecular weight is 280 g/mol. The van der Waals surface area contributed by atoms with E-state index in [1.54, 1.807) is 0 Å². The minimum absolute atomic E-state index is 0.710. The first-order valence-electron chi connectivity index (χ1n) is 8.47. The van der Waals surface area contributed by atoms with Gasteiger partial charge in [-0.1, -0.05) is 0 Å². The maximum absolute atomic E-state index is 3.27. The molecule has 20 heavy (non-hydrogen) atoms. The van der Waals surface area contributed by atoms with Gasteiger partial charge in [-0.15, -0.1) is 0 Å². The van der Waals surface area contributed by atoms with Gasteiger partial charge < -0.3 is 15.1 Å². The molecule has 3 fully saturated rings. The fraction of sp³-hybridized carbons (Fsp3) is 1.00. The summed E-state index contributed by atoms with van der Waals surface area (Å²) < 4.78 is 0. The second-order valence-corrected chi connectivity index (χ2v) is 7.55. The van der Waals surface area contributed by atoms with Gasteiger partial charge in [0.05, 0.1) is 0 Å². The van der Waals surface area contributed by atoms with Crippen molar-refractivity contribution in [3.63, 3.8) is 0 Å².